The highest BCUT2D eigenvalue weighted by molar-refractivity contribution is 9.10. The van der Waals surface area contributed by atoms with E-state index in [1.807, 2.05) is 6.07 Å². The average Bonchev–Trinajstić information content (AvgIpc) is 2.81. The zero-order chi connectivity index (χ0) is 13.1. The Kier molecular flexibility index (Phi) is 3.57. The zero-order valence-corrected chi connectivity index (χ0v) is 11.0. The molecule has 2 rings (SSSR count). The van der Waals surface area contributed by atoms with E-state index in [-0.39, 0.29) is 5.76 Å². The first-order valence-corrected chi connectivity index (χ1v) is 5.83. The van der Waals surface area contributed by atoms with Crippen LogP contribution in [0.5, 0.6) is 5.75 Å². The molecule has 0 atom stereocenters. The monoisotopic (exact) mass is 311 g/mol. The van der Waals surface area contributed by atoms with Crippen LogP contribution in [0.1, 0.15) is 10.6 Å². The number of aromatic carboxylic acids is 1. The first-order valence-electron chi connectivity index (χ1n) is 5.04. The van der Waals surface area contributed by atoms with E-state index in [0.717, 1.165) is 10.2 Å². The number of carbonyl (C=O) groups is 1. The topological polar surface area (TPSA) is 71.7 Å². The molecule has 0 aliphatic heterocycles. The van der Waals surface area contributed by atoms with E-state index in [4.69, 9.17) is 14.3 Å². The second kappa shape index (κ2) is 5.14. The van der Waals surface area contributed by atoms with Gasteiger partial charge in [-0.3, -0.25) is 0 Å². The maximum Gasteiger partial charge on any atom is 0.371 e. The van der Waals surface area contributed by atoms with E-state index in [1.54, 1.807) is 25.3 Å². The van der Waals surface area contributed by atoms with E-state index < -0.39 is 5.97 Å². The van der Waals surface area contributed by atoms with E-state index in [1.165, 1.54) is 6.07 Å². The largest absolute Gasteiger partial charge is 0.497 e. The summed E-state index contributed by atoms with van der Waals surface area (Å²) in [6.45, 7) is 0. The predicted octanol–water partition coefficient (Wildman–Crippen LogP) is 3.49. The van der Waals surface area contributed by atoms with Gasteiger partial charge in [0.2, 0.25) is 5.76 Å². The molecule has 0 spiro atoms. The van der Waals surface area contributed by atoms with Crippen molar-refractivity contribution in [2.24, 2.45) is 0 Å². The molecule has 0 fully saturated rings. The second-order valence-electron chi connectivity index (χ2n) is 3.44. The van der Waals surface area contributed by atoms with Gasteiger partial charge >= 0.3 is 5.97 Å². The van der Waals surface area contributed by atoms with E-state index in [2.05, 4.69) is 21.2 Å². The molecule has 2 N–H and O–H groups in total. The van der Waals surface area contributed by atoms with Crippen LogP contribution in [0.25, 0.3) is 0 Å². The van der Waals surface area contributed by atoms with Crippen LogP contribution in [0.15, 0.2) is 39.2 Å². The Bertz CT molecular complexity index is 579. The van der Waals surface area contributed by atoms with Crippen molar-refractivity contribution in [3.8, 4) is 5.75 Å². The van der Waals surface area contributed by atoms with Crippen LogP contribution < -0.4 is 10.1 Å². The molecule has 0 bridgehead atoms. The lowest BCUT2D eigenvalue weighted by Crippen LogP contribution is -1.93. The minimum absolute atomic E-state index is 0.114. The van der Waals surface area contributed by atoms with Gasteiger partial charge in [0, 0.05) is 16.6 Å². The third-order valence-electron chi connectivity index (χ3n) is 2.25. The van der Waals surface area contributed by atoms with E-state index >= 15 is 0 Å². The quantitative estimate of drug-likeness (QED) is 0.904. The summed E-state index contributed by atoms with van der Waals surface area (Å²) in [6, 6.07) is 8.34. The molecule has 1 aromatic carbocycles. The third kappa shape index (κ3) is 2.65. The van der Waals surface area contributed by atoms with Gasteiger partial charge in [0.05, 0.1) is 12.8 Å². The summed E-state index contributed by atoms with van der Waals surface area (Å²) in [5.41, 5.74) is 0.723. The molecular formula is C12H10BrNO4. The fraction of sp³-hybridized carbons (Fsp3) is 0.0833. The fourth-order valence-corrected chi connectivity index (χ4v) is 1.73. The Morgan fingerprint density at radius 2 is 2.17 bits per heavy atom. The van der Waals surface area contributed by atoms with Crippen molar-refractivity contribution in [2.75, 3.05) is 12.4 Å². The Hall–Kier alpha value is -1.95. The molecule has 0 aliphatic rings. The molecule has 0 aliphatic carbocycles. The van der Waals surface area contributed by atoms with Crippen LogP contribution in [0.4, 0.5) is 11.6 Å². The summed E-state index contributed by atoms with van der Waals surface area (Å²) in [5.74, 6) is -0.184. The molecule has 1 aromatic heterocycles. The van der Waals surface area contributed by atoms with E-state index in [0.29, 0.717) is 11.6 Å². The lowest BCUT2D eigenvalue weighted by atomic mass is 10.3. The van der Waals surface area contributed by atoms with Crippen LogP contribution in [-0.4, -0.2) is 18.2 Å². The minimum Gasteiger partial charge on any atom is -0.497 e. The van der Waals surface area contributed by atoms with Crippen LogP contribution >= 0.6 is 15.9 Å². The van der Waals surface area contributed by atoms with Gasteiger partial charge in [0.15, 0.2) is 5.88 Å². The molecular weight excluding hydrogens is 302 g/mol. The number of rotatable bonds is 4. The molecule has 94 valence electrons. The number of halogens is 1. The Balaban J connectivity index is 2.24. The summed E-state index contributed by atoms with van der Waals surface area (Å²) < 4.78 is 11.0. The maximum absolute atomic E-state index is 10.7. The number of carboxylic acids is 1. The molecule has 18 heavy (non-hydrogen) atoms. The number of furan rings is 1. The van der Waals surface area contributed by atoms with Crippen molar-refractivity contribution in [3.63, 3.8) is 0 Å². The number of hydrogen-bond donors (Lipinski definition) is 2. The van der Waals surface area contributed by atoms with Crippen molar-refractivity contribution in [1.29, 1.82) is 0 Å². The SMILES string of the molecule is COc1ccc(Br)c(Nc2ccc(C(=O)O)o2)c1. The van der Waals surface area contributed by atoms with Crippen molar-refractivity contribution >= 4 is 33.5 Å². The highest BCUT2D eigenvalue weighted by Crippen LogP contribution is 2.30. The molecule has 0 saturated heterocycles. The molecule has 0 unspecified atom stereocenters. The van der Waals surface area contributed by atoms with Crippen LogP contribution in [-0.2, 0) is 0 Å². The minimum atomic E-state index is -1.10. The Labute approximate surface area is 111 Å². The number of hydrogen-bond acceptors (Lipinski definition) is 4. The Morgan fingerprint density at radius 3 is 2.78 bits per heavy atom. The molecule has 0 amide bonds. The van der Waals surface area contributed by atoms with Gasteiger partial charge in [-0.25, -0.2) is 4.79 Å². The maximum atomic E-state index is 10.7. The number of methoxy groups -OCH3 is 1. The molecule has 6 heteroatoms. The number of carboxylic acid groups (broad SMARTS) is 1. The first kappa shape index (κ1) is 12.5. The molecule has 2 aromatic rings. The van der Waals surface area contributed by atoms with Gasteiger partial charge in [-0.1, -0.05) is 0 Å². The van der Waals surface area contributed by atoms with Gasteiger partial charge in [0.25, 0.3) is 0 Å². The molecule has 1 heterocycles. The molecule has 0 radical (unpaired) electrons. The highest BCUT2D eigenvalue weighted by Gasteiger charge is 2.10. The summed E-state index contributed by atoms with van der Waals surface area (Å²) >= 11 is 3.38. The van der Waals surface area contributed by atoms with Crippen molar-refractivity contribution < 1.29 is 19.1 Å². The van der Waals surface area contributed by atoms with Gasteiger partial charge < -0.3 is 19.6 Å². The summed E-state index contributed by atoms with van der Waals surface area (Å²) in [4.78, 5) is 10.7. The smallest absolute Gasteiger partial charge is 0.371 e. The number of nitrogens with one attached hydrogen (secondary N) is 1. The van der Waals surface area contributed by atoms with Gasteiger partial charge in [0.1, 0.15) is 5.75 Å². The van der Waals surface area contributed by atoms with Crippen molar-refractivity contribution in [2.45, 2.75) is 0 Å². The Morgan fingerprint density at radius 1 is 1.39 bits per heavy atom. The second-order valence-corrected chi connectivity index (χ2v) is 4.29. The van der Waals surface area contributed by atoms with Crippen LogP contribution in [0.3, 0.4) is 0 Å². The lowest BCUT2D eigenvalue weighted by molar-refractivity contribution is 0.0663. The van der Waals surface area contributed by atoms with Gasteiger partial charge in [-0.2, -0.15) is 0 Å². The van der Waals surface area contributed by atoms with Crippen LogP contribution in [0, 0.1) is 0 Å². The zero-order valence-electron chi connectivity index (χ0n) is 9.44. The highest BCUT2D eigenvalue weighted by atomic mass is 79.9. The standard InChI is InChI=1S/C12H10BrNO4/c1-17-7-2-3-8(13)9(6-7)14-11-5-4-10(18-11)12(15)16/h2-6,14H,1H3,(H,15,16). The van der Waals surface area contributed by atoms with Crippen LogP contribution in [0.2, 0.25) is 0 Å². The van der Waals surface area contributed by atoms with Gasteiger partial charge in [-0.05, 0) is 34.1 Å². The third-order valence-corrected chi connectivity index (χ3v) is 2.94. The normalized spacial score (nSPS) is 10.1. The van der Waals surface area contributed by atoms with Crippen molar-refractivity contribution in [1.82, 2.24) is 0 Å². The molecule has 0 saturated carbocycles. The fourth-order valence-electron chi connectivity index (χ4n) is 1.38. The number of anilines is 2. The van der Waals surface area contributed by atoms with Crippen molar-refractivity contribution in [3.05, 3.63) is 40.6 Å². The number of benzene rings is 1. The summed E-state index contributed by atoms with van der Waals surface area (Å²) in [7, 11) is 1.57. The lowest BCUT2D eigenvalue weighted by Gasteiger charge is -2.07. The number of ether oxygens (including phenoxy) is 1. The predicted molar refractivity (Wildman–Crippen MR) is 69.6 cm³/mol. The van der Waals surface area contributed by atoms with Gasteiger partial charge in [-0.15, -0.1) is 0 Å². The first-order chi connectivity index (χ1) is 8.60. The summed E-state index contributed by atoms with van der Waals surface area (Å²) in [5, 5.41) is 11.7. The molecule has 5 nitrogen and oxygen atoms in total. The average molecular weight is 312 g/mol. The summed E-state index contributed by atoms with van der Waals surface area (Å²) in [6.07, 6.45) is 0. The van der Waals surface area contributed by atoms with E-state index in [9.17, 15) is 4.79 Å².